The number of terminal acetylenes is 1. The number of rotatable bonds is 8. The van der Waals surface area contributed by atoms with Crippen LogP contribution < -0.4 is 4.74 Å². The second-order valence-electron chi connectivity index (χ2n) is 5.18. The number of benzene rings is 1. The third-order valence-electron chi connectivity index (χ3n) is 3.41. The van der Waals surface area contributed by atoms with Crippen molar-refractivity contribution in [2.24, 2.45) is 5.92 Å². The number of allylic oxidation sites excluding steroid dienone is 1. The van der Waals surface area contributed by atoms with E-state index in [2.05, 4.69) is 24.3 Å². The smallest absolute Gasteiger partial charge is 0.118 e. The van der Waals surface area contributed by atoms with E-state index in [9.17, 15) is 0 Å². The van der Waals surface area contributed by atoms with Crippen molar-refractivity contribution in [3.05, 3.63) is 42.0 Å². The number of hydrogen-bond donors (Lipinski definition) is 0. The van der Waals surface area contributed by atoms with E-state index in [1.807, 2.05) is 31.2 Å². The van der Waals surface area contributed by atoms with E-state index in [0.717, 1.165) is 36.1 Å². The van der Waals surface area contributed by atoms with Gasteiger partial charge in [-0.2, -0.15) is 0 Å². The topological polar surface area (TPSA) is 18.5 Å². The van der Waals surface area contributed by atoms with Gasteiger partial charge < -0.3 is 9.47 Å². The Morgan fingerprint density at radius 1 is 1.27 bits per heavy atom. The summed E-state index contributed by atoms with van der Waals surface area (Å²) in [4.78, 5) is 0. The molecule has 0 heterocycles. The van der Waals surface area contributed by atoms with Gasteiger partial charge in [0.1, 0.15) is 12.4 Å². The van der Waals surface area contributed by atoms with Crippen LogP contribution in [0.25, 0.3) is 0 Å². The lowest BCUT2D eigenvalue weighted by atomic mass is 9.93. The van der Waals surface area contributed by atoms with Gasteiger partial charge in [0, 0.05) is 12.8 Å². The molecule has 0 N–H and O–H groups in total. The van der Waals surface area contributed by atoms with Gasteiger partial charge in [0.2, 0.25) is 0 Å². The van der Waals surface area contributed by atoms with Crippen LogP contribution in [-0.2, 0) is 11.3 Å². The second kappa shape index (κ2) is 10.6. The molecule has 0 aliphatic rings. The average molecular weight is 296 g/mol. The Kier molecular flexibility index (Phi) is 8.58. The van der Waals surface area contributed by atoms with Crippen LogP contribution >= 0.6 is 0 Å². The van der Waals surface area contributed by atoms with Crippen molar-refractivity contribution in [1.29, 1.82) is 0 Å². The largest absolute Gasteiger partial charge is 0.497 e. The van der Waals surface area contributed by atoms with Crippen molar-refractivity contribution in [3.63, 3.8) is 0 Å². The summed E-state index contributed by atoms with van der Waals surface area (Å²) >= 11 is 0. The van der Waals surface area contributed by atoms with Crippen molar-refractivity contribution < 1.29 is 9.47 Å². The monoisotopic (exact) mass is 296 g/mol. The predicted octanol–water partition coefficient (Wildman–Crippen LogP) is 4.21. The predicted molar refractivity (Wildman–Crippen MR) is 91.4 cm³/mol. The van der Waals surface area contributed by atoms with E-state index in [1.165, 1.54) is 0 Å². The molecule has 1 aromatic carbocycles. The van der Waals surface area contributed by atoms with Crippen molar-refractivity contribution in [2.45, 2.75) is 32.8 Å². The quantitative estimate of drug-likeness (QED) is 0.406. The fourth-order valence-electron chi connectivity index (χ4n) is 1.99. The molecule has 0 saturated heterocycles. The first-order valence-electron chi connectivity index (χ1n) is 7.42. The average Bonchev–Trinajstić information content (AvgIpc) is 2.53. The lowest BCUT2D eigenvalue weighted by Gasteiger charge is -2.11. The third-order valence-corrected chi connectivity index (χ3v) is 3.41. The second-order valence-corrected chi connectivity index (χ2v) is 5.18. The van der Waals surface area contributed by atoms with Gasteiger partial charge in [-0.1, -0.05) is 30.2 Å². The first kappa shape index (κ1) is 17.9. The molecule has 0 spiro atoms. The molecule has 116 valence electrons. The minimum atomic E-state index is 0.375. The Balaban J connectivity index is 2.22. The highest BCUT2D eigenvalue weighted by Gasteiger charge is 2.06. The summed E-state index contributed by atoms with van der Waals surface area (Å²) in [5.41, 5.74) is 2.24. The summed E-state index contributed by atoms with van der Waals surface area (Å²) in [6.45, 7) is 7.00. The zero-order chi connectivity index (χ0) is 16.2. The molecule has 0 aliphatic carbocycles. The minimum absolute atomic E-state index is 0.375. The van der Waals surface area contributed by atoms with Crippen LogP contribution in [-0.4, -0.2) is 13.7 Å². The van der Waals surface area contributed by atoms with Crippen molar-refractivity contribution in [3.8, 4) is 29.9 Å². The highest BCUT2D eigenvalue weighted by Crippen LogP contribution is 2.18. The SMILES string of the molecule is C#CC[C@@H](CCC#CCOCc1ccc(OC)cc1)C(=C)C. The van der Waals surface area contributed by atoms with E-state index in [-0.39, 0.29) is 0 Å². The maximum atomic E-state index is 5.53. The Morgan fingerprint density at radius 3 is 2.59 bits per heavy atom. The molecule has 0 radical (unpaired) electrons. The first-order valence-corrected chi connectivity index (χ1v) is 7.42. The summed E-state index contributed by atoms with van der Waals surface area (Å²) in [7, 11) is 1.66. The van der Waals surface area contributed by atoms with Gasteiger partial charge >= 0.3 is 0 Å². The van der Waals surface area contributed by atoms with Crippen LogP contribution in [0.3, 0.4) is 0 Å². The van der Waals surface area contributed by atoms with E-state index in [1.54, 1.807) is 7.11 Å². The van der Waals surface area contributed by atoms with E-state index >= 15 is 0 Å². The van der Waals surface area contributed by atoms with Crippen molar-refractivity contribution in [1.82, 2.24) is 0 Å². The summed E-state index contributed by atoms with van der Waals surface area (Å²) in [6, 6.07) is 7.83. The minimum Gasteiger partial charge on any atom is -0.497 e. The Labute approximate surface area is 134 Å². The third kappa shape index (κ3) is 7.02. The molecule has 0 fully saturated rings. The normalized spacial score (nSPS) is 11.0. The Bertz CT molecular complexity index is 552. The van der Waals surface area contributed by atoms with E-state index in [4.69, 9.17) is 15.9 Å². The van der Waals surface area contributed by atoms with Gasteiger partial charge in [0.05, 0.1) is 13.7 Å². The van der Waals surface area contributed by atoms with Crippen LogP contribution in [0.15, 0.2) is 36.4 Å². The number of methoxy groups -OCH3 is 1. The lowest BCUT2D eigenvalue weighted by Crippen LogP contribution is -1.99. The molecule has 0 aromatic heterocycles. The molecular weight excluding hydrogens is 272 g/mol. The molecule has 0 saturated carbocycles. The molecule has 22 heavy (non-hydrogen) atoms. The van der Waals surface area contributed by atoms with Gasteiger partial charge in [-0.3, -0.25) is 0 Å². The Hall–Kier alpha value is -2.16. The molecule has 0 amide bonds. The van der Waals surface area contributed by atoms with Gasteiger partial charge in [-0.25, -0.2) is 0 Å². The van der Waals surface area contributed by atoms with Crippen LogP contribution in [0.1, 0.15) is 31.7 Å². The van der Waals surface area contributed by atoms with Crippen LogP contribution in [0.4, 0.5) is 0 Å². The molecule has 2 nitrogen and oxygen atoms in total. The van der Waals surface area contributed by atoms with Gasteiger partial charge in [0.25, 0.3) is 0 Å². The zero-order valence-electron chi connectivity index (χ0n) is 13.5. The van der Waals surface area contributed by atoms with Gasteiger partial charge in [-0.15, -0.1) is 18.3 Å². The summed E-state index contributed by atoms with van der Waals surface area (Å²) < 4.78 is 10.6. The molecule has 2 heteroatoms. The molecule has 0 aliphatic heterocycles. The molecular formula is C20H24O2. The molecule has 1 aromatic rings. The van der Waals surface area contributed by atoms with Crippen molar-refractivity contribution >= 4 is 0 Å². The lowest BCUT2D eigenvalue weighted by molar-refractivity contribution is 0.153. The maximum Gasteiger partial charge on any atom is 0.118 e. The van der Waals surface area contributed by atoms with Gasteiger partial charge in [-0.05, 0) is 37.0 Å². The number of ether oxygens (including phenoxy) is 2. The van der Waals surface area contributed by atoms with E-state index < -0.39 is 0 Å². The molecule has 1 atom stereocenters. The molecule has 0 bridgehead atoms. The van der Waals surface area contributed by atoms with Crippen LogP contribution in [0, 0.1) is 30.1 Å². The number of hydrogen-bond acceptors (Lipinski definition) is 2. The van der Waals surface area contributed by atoms with E-state index in [0.29, 0.717) is 19.1 Å². The maximum absolute atomic E-state index is 5.53. The summed E-state index contributed by atoms with van der Waals surface area (Å²) in [5.74, 6) is 10.1. The van der Waals surface area contributed by atoms with Crippen LogP contribution in [0.2, 0.25) is 0 Å². The highest BCUT2D eigenvalue weighted by molar-refractivity contribution is 5.26. The molecule has 0 unspecified atom stereocenters. The van der Waals surface area contributed by atoms with Crippen molar-refractivity contribution in [2.75, 3.05) is 13.7 Å². The molecule has 1 rings (SSSR count). The first-order chi connectivity index (χ1) is 10.7. The van der Waals surface area contributed by atoms with Crippen LogP contribution in [0.5, 0.6) is 5.75 Å². The Morgan fingerprint density at radius 2 is 2.00 bits per heavy atom. The summed E-state index contributed by atoms with van der Waals surface area (Å²) in [6.07, 6.45) is 7.88. The van der Waals surface area contributed by atoms with Gasteiger partial charge in [0.15, 0.2) is 0 Å². The fraction of sp³-hybridized carbons (Fsp3) is 0.400. The zero-order valence-corrected chi connectivity index (χ0v) is 13.5. The summed E-state index contributed by atoms with van der Waals surface area (Å²) in [5, 5.41) is 0. The highest BCUT2D eigenvalue weighted by atomic mass is 16.5. The standard InChI is InChI=1S/C20H24O2/c1-5-9-19(17(2)3)10-7-6-8-15-22-16-18-11-13-20(21-4)14-12-18/h1,11-14,19H,2,7,9-10,15-16H2,3-4H3/t19-/m0/s1. The fourth-order valence-corrected chi connectivity index (χ4v) is 1.99.